The molecule has 1 aromatic heterocycles. The number of pyridine rings is 1. The Morgan fingerprint density at radius 1 is 1.47 bits per heavy atom. The van der Waals surface area contributed by atoms with E-state index in [4.69, 9.17) is 0 Å². The summed E-state index contributed by atoms with van der Waals surface area (Å²) in [5.41, 5.74) is 0.963. The van der Waals surface area contributed by atoms with Crippen molar-refractivity contribution >= 4 is 5.91 Å². The maximum atomic E-state index is 12.3. The fraction of sp³-hybridized carbons (Fsp3) is 0.571. The molecule has 5 heteroatoms. The average molecular weight is 263 g/mol. The number of aliphatic hydroxyl groups is 1. The van der Waals surface area contributed by atoms with Gasteiger partial charge in [-0.15, -0.1) is 0 Å². The van der Waals surface area contributed by atoms with Gasteiger partial charge in [0.05, 0.1) is 12.5 Å². The molecule has 1 amide bonds. The van der Waals surface area contributed by atoms with Crippen LogP contribution in [0.25, 0.3) is 0 Å². The Labute approximate surface area is 113 Å². The largest absolute Gasteiger partial charge is 0.391 e. The van der Waals surface area contributed by atoms with Crippen molar-refractivity contribution in [1.29, 1.82) is 0 Å². The second-order valence-corrected chi connectivity index (χ2v) is 5.38. The summed E-state index contributed by atoms with van der Waals surface area (Å²) in [5.74, 6) is 0.0783. The van der Waals surface area contributed by atoms with Gasteiger partial charge in [0.15, 0.2) is 0 Å². The summed E-state index contributed by atoms with van der Waals surface area (Å²) in [7, 11) is 3.96. The van der Waals surface area contributed by atoms with E-state index in [0.29, 0.717) is 19.4 Å². The first-order chi connectivity index (χ1) is 9.06. The first kappa shape index (κ1) is 14.0. The number of carbonyl (C=O) groups excluding carboxylic acids is 1. The van der Waals surface area contributed by atoms with Gasteiger partial charge in [0.1, 0.15) is 0 Å². The number of carbonyl (C=O) groups is 1. The summed E-state index contributed by atoms with van der Waals surface area (Å²) in [6.07, 6.45) is 4.03. The summed E-state index contributed by atoms with van der Waals surface area (Å²) in [5, 5.41) is 9.78. The third-order valence-corrected chi connectivity index (χ3v) is 3.39. The van der Waals surface area contributed by atoms with E-state index in [-0.39, 0.29) is 11.9 Å². The molecule has 1 aromatic rings. The third kappa shape index (κ3) is 3.75. The van der Waals surface area contributed by atoms with Gasteiger partial charge < -0.3 is 14.9 Å². The maximum absolute atomic E-state index is 12.3. The molecule has 0 bridgehead atoms. The molecule has 0 radical (unpaired) electrons. The molecule has 5 nitrogen and oxygen atoms in total. The van der Waals surface area contributed by atoms with Crippen molar-refractivity contribution in [2.24, 2.45) is 0 Å². The van der Waals surface area contributed by atoms with E-state index < -0.39 is 6.10 Å². The van der Waals surface area contributed by atoms with Crippen LogP contribution in [0.15, 0.2) is 24.5 Å². The minimum atomic E-state index is -0.397. The van der Waals surface area contributed by atoms with Gasteiger partial charge in [-0.2, -0.15) is 0 Å². The predicted molar refractivity (Wildman–Crippen MR) is 72.6 cm³/mol. The minimum absolute atomic E-state index is 0.0783. The van der Waals surface area contributed by atoms with E-state index in [1.807, 2.05) is 31.1 Å². The lowest BCUT2D eigenvalue weighted by Crippen LogP contribution is -2.42. The maximum Gasteiger partial charge on any atom is 0.227 e. The topological polar surface area (TPSA) is 56.7 Å². The number of rotatable bonds is 4. The first-order valence-electron chi connectivity index (χ1n) is 6.57. The fourth-order valence-corrected chi connectivity index (χ4v) is 2.57. The van der Waals surface area contributed by atoms with Crippen molar-refractivity contribution in [2.75, 3.05) is 27.2 Å². The van der Waals surface area contributed by atoms with Crippen molar-refractivity contribution in [3.8, 4) is 0 Å². The van der Waals surface area contributed by atoms with Crippen LogP contribution in [0.4, 0.5) is 0 Å². The number of likely N-dealkylation sites (N-methyl/N-ethyl adjacent to an activating group) is 1. The SMILES string of the molecule is CN(C)CC1CC(O)CN1C(=O)Cc1ccncc1. The average Bonchev–Trinajstić information content (AvgIpc) is 2.70. The van der Waals surface area contributed by atoms with Gasteiger partial charge >= 0.3 is 0 Å². The Balaban J connectivity index is 2.00. The van der Waals surface area contributed by atoms with Gasteiger partial charge in [-0.05, 0) is 38.2 Å². The van der Waals surface area contributed by atoms with Gasteiger partial charge in [-0.25, -0.2) is 0 Å². The van der Waals surface area contributed by atoms with E-state index in [0.717, 1.165) is 12.1 Å². The lowest BCUT2D eigenvalue weighted by molar-refractivity contribution is -0.131. The number of hydrogen-bond donors (Lipinski definition) is 1. The van der Waals surface area contributed by atoms with Crippen LogP contribution in [-0.2, 0) is 11.2 Å². The number of hydrogen-bond acceptors (Lipinski definition) is 4. The molecular weight excluding hydrogens is 242 g/mol. The molecule has 1 aliphatic rings. The summed E-state index contributed by atoms with van der Waals surface area (Å²) in [6, 6.07) is 3.82. The summed E-state index contributed by atoms with van der Waals surface area (Å²) >= 11 is 0. The number of β-amino-alcohol motifs (C(OH)–C–C–N with tert-alkyl or cyclic N) is 1. The van der Waals surface area contributed by atoms with Gasteiger partial charge in [0, 0.05) is 31.5 Å². The van der Waals surface area contributed by atoms with Crippen LogP contribution < -0.4 is 0 Å². The molecular formula is C14H21N3O2. The van der Waals surface area contributed by atoms with Crippen LogP contribution in [0.5, 0.6) is 0 Å². The second-order valence-electron chi connectivity index (χ2n) is 5.38. The highest BCUT2D eigenvalue weighted by Crippen LogP contribution is 2.19. The van der Waals surface area contributed by atoms with Crippen LogP contribution in [0, 0.1) is 0 Å². The zero-order valence-corrected chi connectivity index (χ0v) is 11.5. The highest BCUT2D eigenvalue weighted by atomic mass is 16.3. The molecule has 19 heavy (non-hydrogen) atoms. The Morgan fingerprint density at radius 2 is 2.16 bits per heavy atom. The zero-order valence-electron chi connectivity index (χ0n) is 11.5. The standard InChI is InChI=1S/C14H21N3O2/c1-16(2)9-12-8-13(18)10-17(12)14(19)7-11-3-5-15-6-4-11/h3-6,12-13,18H,7-10H2,1-2H3. The number of likely N-dealkylation sites (tertiary alicyclic amines) is 1. The lowest BCUT2D eigenvalue weighted by Gasteiger charge is -2.26. The van der Waals surface area contributed by atoms with Crippen molar-refractivity contribution in [3.05, 3.63) is 30.1 Å². The van der Waals surface area contributed by atoms with Crippen molar-refractivity contribution < 1.29 is 9.90 Å². The monoisotopic (exact) mass is 263 g/mol. The molecule has 0 spiro atoms. The van der Waals surface area contributed by atoms with E-state index in [1.54, 1.807) is 12.4 Å². The summed E-state index contributed by atoms with van der Waals surface area (Å²) < 4.78 is 0. The molecule has 0 aliphatic carbocycles. The van der Waals surface area contributed by atoms with Crippen LogP contribution in [0.3, 0.4) is 0 Å². The van der Waals surface area contributed by atoms with Crippen molar-refractivity contribution in [2.45, 2.75) is 25.0 Å². The van der Waals surface area contributed by atoms with E-state index in [2.05, 4.69) is 9.88 Å². The minimum Gasteiger partial charge on any atom is -0.391 e. The smallest absolute Gasteiger partial charge is 0.227 e. The quantitative estimate of drug-likeness (QED) is 0.840. The van der Waals surface area contributed by atoms with Crippen LogP contribution in [0.1, 0.15) is 12.0 Å². The third-order valence-electron chi connectivity index (χ3n) is 3.39. The van der Waals surface area contributed by atoms with Gasteiger partial charge in [0.2, 0.25) is 5.91 Å². The number of nitrogens with zero attached hydrogens (tertiary/aromatic N) is 3. The van der Waals surface area contributed by atoms with E-state index >= 15 is 0 Å². The predicted octanol–water partition coefficient (Wildman–Crippen LogP) is 0.148. The van der Waals surface area contributed by atoms with Gasteiger partial charge in [-0.1, -0.05) is 0 Å². The van der Waals surface area contributed by atoms with E-state index in [1.165, 1.54) is 0 Å². The van der Waals surface area contributed by atoms with Crippen molar-refractivity contribution in [3.63, 3.8) is 0 Å². The van der Waals surface area contributed by atoms with E-state index in [9.17, 15) is 9.90 Å². The lowest BCUT2D eigenvalue weighted by atomic mass is 10.1. The van der Waals surface area contributed by atoms with Crippen LogP contribution >= 0.6 is 0 Å². The molecule has 0 saturated carbocycles. The zero-order chi connectivity index (χ0) is 13.8. The fourth-order valence-electron chi connectivity index (χ4n) is 2.57. The number of aliphatic hydroxyl groups excluding tert-OH is 1. The molecule has 2 unspecified atom stereocenters. The molecule has 2 atom stereocenters. The van der Waals surface area contributed by atoms with Gasteiger partial charge in [0.25, 0.3) is 0 Å². The Bertz CT molecular complexity index is 422. The molecule has 1 saturated heterocycles. The van der Waals surface area contributed by atoms with Gasteiger partial charge in [-0.3, -0.25) is 9.78 Å². The Hall–Kier alpha value is -1.46. The number of amides is 1. The Kier molecular flexibility index (Phi) is 4.50. The molecule has 1 N–H and O–H groups in total. The molecule has 1 fully saturated rings. The Morgan fingerprint density at radius 3 is 2.79 bits per heavy atom. The molecule has 2 rings (SSSR count). The normalized spacial score (nSPS) is 23.1. The molecule has 104 valence electrons. The first-order valence-corrected chi connectivity index (χ1v) is 6.57. The summed E-state index contributed by atoms with van der Waals surface area (Å²) in [6.45, 7) is 1.24. The molecule has 2 heterocycles. The highest BCUT2D eigenvalue weighted by molar-refractivity contribution is 5.79. The van der Waals surface area contributed by atoms with Crippen LogP contribution in [-0.4, -0.2) is 65.1 Å². The summed E-state index contributed by atoms with van der Waals surface area (Å²) in [4.78, 5) is 20.1. The molecule has 1 aliphatic heterocycles. The number of aromatic nitrogens is 1. The second kappa shape index (κ2) is 6.12. The highest BCUT2D eigenvalue weighted by Gasteiger charge is 2.34. The molecule has 0 aromatic carbocycles. The van der Waals surface area contributed by atoms with Crippen molar-refractivity contribution in [1.82, 2.24) is 14.8 Å². The van der Waals surface area contributed by atoms with Crippen LogP contribution in [0.2, 0.25) is 0 Å².